The van der Waals surface area contributed by atoms with Crippen molar-refractivity contribution in [1.29, 1.82) is 0 Å². The molecular formula is C15H22N4OS. The highest BCUT2D eigenvalue weighted by Crippen LogP contribution is 2.31. The molecule has 0 spiro atoms. The van der Waals surface area contributed by atoms with Gasteiger partial charge in [-0.1, -0.05) is 13.8 Å². The van der Waals surface area contributed by atoms with Crippen molar-refractivity contribution in [2.45, 2.75) is 45.8 Å². The van der Waals surface area contributed by atoms with Gasteiger partial charge in [-0.15, -0.1) is 11.3 Å². The summed E-state index contributed by atoms with van der Waals surface area (Å²) in [6.07, 6.45) is 3.83. The van der Waals surface area contributed by atoms with Crippen molar-refractivity contribution in [2.24, 2.45) is 17.7 Å². The fourth-order valence-electron chi connectivity index (χ4n) is 2.92. The molecule has 0 radical (unpaired) electrons. The number of ether oxygens (including phenoxy) is 1. The Morgan fingerprint density at radius 2 is 2.19 bits per heavy atom. The standard InChI is InChI=1S/C15H22N4OS/c1-9-3-4-11(7-10(9)2)20-8-13-17-14(19-16)12-5-6-21-15(12)18-13/h5-6,9-11H,3-4,7-8,16H2,1-2H3,(H,17,18,19). The zero-order chi connectivity index (χ0) is 14.8. The Morgan fingerprint density at radius 1 is 1.33 bits per heavy atom. The fourth-order valence-corrected chi connectivity index (χ4v) is 3.70. The number of hydrazine groups is 1. The van der Waals surface area contributed by atoms with Crippen LogP contribution in [-0.2, 0) is 11.3 Å². The van der Waals surface area contributed by atoms with E-state index in [0.717, 1.165) is 34.9 Å². The maximum absolute atomic E-state index is 6.02. The Hall–Kier alpha value is -1.24. The second-order valence-corrected chi connectivity index (χ2v) is 6.87. The highest BCUT2D eigenvalue weighted by atomic mass is 32.1. The van der Waals surface area contributed by atoms with Gasteiger partial charge in [0.25, 0.3) is 0 Å². The average molecular weight is 306 g/mol. The van der Waals surface area contributed by atoms with Gasteiger partial charge in [0.15, 0.2) is 11.6 Å². The van der Waals surface area contributed by atoms with E-state index in [4.69, 9.17) is 10.6 Å². The monoisotopic (exact) mass is 306 g/mol. The molecule has 0 saturated heterocycles. The summed E-state index contributed by atoms with van der Waals surface area (Å²) < 4.78 is 6.02. The van der Waals surface area contributed by atoms with Gasteiger partial charge < -0.3 is 10.2 Å². The maximum atomic E-state index is 6.02. The summed E-state index contributed by atoms with van der Waals surface area (Å²) in [5, 5.41) is 2.96. The molecule has 0 aromatic carbocycles. The van der Waals surface area contributed by atoms with Crippen molar-refractivity contribution >= 4 is 27.4 Å². The first-order valence-electron chi connectivity index (χ1n) is 7.49. The van der Waals surface area contributed by atoms with Gasteiger partial charge in [0, 0.05) is 0 Å². The number of aromatic nitrogens is 2. The molecule has 2 aromatic heterocycles. The second kappa shape index (κ2) is 6.25. The summed E-state index contributed by atoms with van der Waals surface area (Å²) in [7, 11) is 0. The number of nitrogen functional groups attached to an aromatic ring is 1. The molecule has 1 aliphatic rings. The fraction of sp³-hybridized carbons (Fsp3) is 0.600. The van der Waals surface area contributed by atoms with Crippen LogP contribution in [0.25, 0.3) is 10.2 Å². The van der Waals surface area contributed by atoms with Gasteiger partial charge in [0.05, 0.1) is 11.5 Å². The minimum absolute atomic E-state index is 0.327. The van der Waals surface area contributed by atoms with Gasteiger partial charge in [-0.05, 0) is 42.5 Å². The Bertz CT molecular complexity index is 615. The second-order valence-electron chi connectivity index (χ2n) is 5.97. The number of anilines is 1. The lowest BCUT2D eigenvalue weighted by molar-refractivity contribution is -0.0100. The number of fused-ring (bicyclic) bond motifs is 1. The molecular weight excluding hydrogens is 284 g/mol. The first kappa shape index (κ1) is 14.7. The highest BCUT2D eigenvalue weighted by molar-refractivity contribution is 7.16. The first-order chi connectivity index (χ1) is 10.2. The molecule has 5 nitrogen and oxygen atoms in total. The van der Waals surface area contributed by atoms with Gasteiger partial charge in [-0.3, -0.25) is 0 Å². The van der Waals surface area contributed by atoms with Crippen molar-refractivity contribution in [1.82, 2.24) is 9.97 Å². The number of rotatable bonds is 4. The Labute approximate surface area is 128 Å². The van der Waals surface area contributed by atoms with Crippen LogP contribution in [-0.4, -0.2) is 16.1 Å². The van der Waals surface area contributed by atoms with Gasteiger partial charge in [0.2, 0.25) is 0 Å². The van der Waals surface area contributed by atoms with Crippen molar-refractivity contribution in [3.63, 3.8) is 0 Å². The number of nitrogens with zero attached hydrogens (tertiary/aromatic N) is 2. The smallest absolute Gasteiger partial charge is 0.158 e. The number of nitrogens with two attached hydrogens (primary N) is 1. The number of hydrogen-bond donors (Lipinski definition) is 2. The maximum Gasteiger partial charge on any atom is 0.158 e. The van der Waals surface area contributed by atoms with Gasteiger partial charge >= 0.3 is 0 Å². The molecule has 6 heteroatoms. The van der Waals surface area contributed by atoms with Crippen molar-refractivity contribution in [3.05, 3.63) is 17.3 Å². The summed E-state index contributed by atoms with van der Waals surface area (Å²) in [4.78, 5) is 9.94. The Balaban J connectivity index is 1.68. The minimum atomic E-state index is 0.327. The normalized spacial score (nSPS) is 26.1. The van der Waals surface area contributed by atoms with E-state index in [-0.39, 0.29) is 0 Å². The van der Waals surface area contributed by atoms with Crippen LogP contribution in [0, 0.1) is 11.8 Å². The van der Waals surface area contributed by atoms with Crippen LogP contribution in [0.4, 0.5) is 5.82 Å². The predicted octanol–water partition coefficient (Wildman–Crippen LogP) is 3.32. The lowest BCUT2D eigenvalue weighted by Crippen LogP contribution is -2.26. The zero-order valence-corrected chi connectivity index (χ0v) is 13.3. The summed E-state index contributed by atoms with van der Waals surface area (Å²) >= 11 is 1.59. The van der Waals surface area contributed by atoms with E-state index in [2.05, 4.69) is 29.2 Å². The van der Waals surface area contributed by atoms with Gasteiger partial charge in [-0.2, -0.15) is 0 Å². The van der Waals surface area contributed by atoms with E-state index in [9.17, 15) is 0 Å². The van der Waals surface area contributed by atoms with Crippen LogP contribution in [0.2, 0.25) is 0 Å². The third-order valence-corrected chi connectivity index (χ3v) is 5.31. The van der Waals surface area contributed by atoms with Gasteiger partial charge in [-0.25, -0.2) is 15.8 Å². The predicted molar refractivity (Wildman–Crippen MR) is 86.0 cm³/mol. The molecule has 1 fully saturated rings. The molecule has 3 rings (SSSR count). The molecule has 2 aromatic rings. The molecule has 3 N–H and O–H groups in total. The van der Waals surface area contributed by atoms with Crippen LogP contribution < -0.4 is 11.3 Å². The van der Waals surface area contributed by atoms with Crippen LogP contribution in [0.5, 0.6) is 0 Å². The van der Waals surface area contributed by atoms with Crippen LogP contribution in [0.3, 0.4) is 0 Å². The summed E-state index contributed by atoms with van der Waals surface area (Å²) in [6.45, 7) is 5.09. The van der Waals surface area contributed by atoms with Crippen LogP contribution >= 0.6 is 11.3 Å². The molecule has 2 heterocycles. The molecule has 114 valence electrons. The molecule has 3 atom stereocenters. The third kappa shape index (κ3) is 3.17. The quantitative estimate of drug-likeness (QED) is 0.669. The van der Waals surface area contributed by atoms with E-state index in [0.29, 0.717) is 24.4 Å². The van der Waals surface area contributed by atoms with E-state index >= 15 is 0 Å². The molecule has 0 aliphatic heterocycles. The van der Waals surface area contributed by atoms with Crippen molar-refractivity contribution in [2.75, 3.05) is 5.43 Å². The van der Waals surface area contributed by atoms with Crippen LogP contribution in [0.1, 0.15) is 38.9 Å². The third-order valence-electron chi connectivity index (χ3n) is 4.51. The van der Waals surface area contributed by atoms with Crippen molar-refractivity contribution in [3.8, 4) is 0 Å². The Morgan fingerprint density at radius 3 is 2.95 bits per heavy atom. The molecule has 1 aliphatic carbocycles. The zero-order valence-electron chi connectivity index (χ0n) is 12.5. The summed E-state index contributed by atoms with van der Waals surface area (Å²) in [6, 6.07) is 1.98. The SMILES string of the molecule is CC1CCC(OCc2nc(NN)c3ccsc3n2)CC1C. The molecule has 1 saturated carbocycles. The molecule has 21 heavy (non-hydrogen) atoms. The lowest BCUT2D eigenvalue weighted by atomic mass is 9.80. The lowest BCUT2D eigenvalue weighted by Gasteiger charge is -2.31. The summed E-state index contributed by atoms with van der Waals surface area (Å²) in [5.74, 6) is 8.44. The topological polar surface area (TPSA) is 73.1 Å². The van der Waals surface area contributed by atoms with E-state index in [1.165, 1.54) is 6.42 Å². The molecule has 0 amide bonds. The number of thiophene rings is 1. The number of nitrogens with one attached hydrogen (secondary N) is 1. The van der Waals surface area contributed by atoms with E-state index < -0.39 is 0 Å². The molecule has 0 bridgehead atoms. The van der Waals surface area contributed by atoms with E-state index in [1.807, 2.05) is 11.4 Å². The first-order valence-corrected chi connectivity index (χ1v) is 8.37. The van der Waals surface area contributed by atoms with Crippen LogP contribution in [0.15, 0.2) is 11.4 Å². The summed E-state index contributed by atoms with van der Waals surface area (Å²) in [5.41, 5.74) is 2.65. The van der Waals surface area contributed by atoms with Crippen molar-refractivity contribution < 1.29 is 4.74 Å². The average Bonchev–Trinajstić information content (AvgIpc) is 2.96. The molecule has 3 unspecified atom stereocenters. The van der Waals surface area contributed by atoms with E-state index in [1.54, 1.807) is 11.3 Å². The van der Waals surface area contributed by atoms with Gasteiger partial charge in [0.1, 0.15) is 11.4 Å². The minimum Gasteiger partial charge on any atom is -0.370 e. The highest BCUT2D eigenvalue weighted by Gasteiger charge is 2.25. The largest absolute Gasteiger partial charge is 0.370 e. The number of hydrogen-bond acceptors (Lipinski definition) is 6. The Kier molecular flexibility index (Phi) is 4.37.